The number of carboxylic acids is 2. The van der Waals surface area contributed by atoms with Gasteiger partial charge in [-0.05, 0) is 29.9 Å². The highest BCUT2D eigenvalue weighted by molar-refractivity contribution is 7.96. The molecule has 0 aliphatic carbocycles. The lowest BCUT2D eigenvalue weighted by Crippen LogP contribution is -2.59. The van der Waals surface area contributed by atoms with Crippen LogP contribution in [0.25, 0.3) is 0 Å². The van der Waals surface area contributed by atoms with Crippen molar-refractivity contribution in [2.75, 3.05) is 6.26 Å². The largest absolute Gasteiger partial charge is 0.481 e. The molecule has 15 nitrogen and oxygen atoms in total. The van der Waals surface area contributed by atoms with Crippen molar-refractivity contribution in [1.29, 1.82) is 0 Å². The zero-order chi connectivity index (χ0) is 35.9. The van der Waals surface area contributed by atoms with Crippen LogP contribution in [0.1, 0.15) is 58.9 Å². The number of hydrogen-bond acceptors (Lipinski definition) is 9. The summed E-state index contributed by atoms with van der Waals surface area (Å²) in [7, 11) is -3.91. The van der Waals surface area contributed by atoms with Crippen molar-refractivity contribution in [3.8, 4) is 0 Å². The van der Waals surface area contributed by atoms with Crippen molar-refractivity contribution in [1.82, 2.24) is 21.3 Å². The van der Waals surface area contributed by atoms with Crippen LogP contribution < -0.4 is 21.3 Å². The van der Waals surface area contributed by atoms with E-state index in [1.807, 2.05) is 0 Å². The van der Waals surface area contributed by atoms with Gasteiger partial charge in [0.1, 0.15) is 29.1 Å². The number of nitrogens with one attached hydrogen (secondary N) is 4. The number of amides is 4. The standard InChI is InChI=1S/C30H43ClN4O11S/c1-6-18(4)26(29(42)32-20(15-24(38)39)14-22(31)47(5,44)45)34-27(40)21(12-13-23(36)37)33-28(41)25(17(2)3)35-30(43)46-16-19-10-8-7-9-11-19/h7-11,14,17-18,20-21,25-26H,6,12-13,15-16H2,1-5H3,(H,32,42)(H,33,41)(H,34,40)(H,35,43)(H,36,37)(H,38,39)/b22-14+/t18-,20+,21-,25-,26-/m0/s1. The molecule has 1 rings (SSSR count). The number of sulfone groups is 1. The molecule has 0 aliphatic heterocycles. The van der Waals surface area contributed by atoms with E-state index in [0.717, 1.165) is 12.3 Å². The van der Waals surface area contributed by atoms with E-state index in [1.54, 1.807) is 58.0 Å². The summed E-state index contributed by atoms with van der Waals surface area (Å²) < 4.78 is 28.0. The average Bonchev–Trinajstić information content (AvgIpc) is 2.98. The van der Waals surface area contributed by atoms with Crippen molar-refractivity contribution in [3.05, 3.63) is 46.3 Å². The van der Waals surface area contributed by atoms with E-state index < -0.39 is 98.8 Å². The molecule has 262 valence electrons. The van der Waals surface area contributed by atoms with Crippen LogP contribution in [-0.4, -0.2) is 84.8 Å². The highest BCUT2D eigenvalue weighted by atomic mass is 35.5. The fourth-order valence-corrected chi connectivity index (χ4v) is 4.64. The maximum Gasteiger partial charge on any atom is 0.408 e. The number of alkyl carbamates (subject to hydrolysis) is 1. The molecule has 0 aromatic heterocycles. The van der Waals surface area contributed by atoms with Crippen LogP contribution in [0.2, 0.25) is 0 Å². The van der Waals surface area contributed by atoms with Crippen LogP contribution in [0.4, 0.5) is 4.79 Å². The summed E-state index contributed by atoms with van der Waals surface area (Å²) in [6.45, 7) is 6.53. The van der Waals surface area contributed by atoms with Crippen LogP contribution in [0.15, 0.2) is 40.8 Å². The Morgan fingerprint density at radius 2 is 1.47 bits per heavy atom. The fraction of sp³-hybridized carbons (Fsp3) is 0.533. The van der Waals surface area contributed by atoms with Gasteiger partial charge < -0.3 is 36.2 Å². The van der Waals surface area contributed by atoms with E-state index in [0.29, 0.717) is 12.0 Å². The Kier molecular flexibility index (Phi) is 16.9. The van der Waals surface area contributed by atoms with Gasteiger partial charge in [-0.15, -0.1) is 0 Å². The van der Waals surface area contributed by atoms with Crippen LogP contribution in [0, 0.1) is 11.8 Å². The molecule has 47 heavy (non-hydrogen) atoms. The molecule has 1 aromatic carbocycles. The highest BCUT2D eigenvalue weighted by Gasteiger charge is 2.34. The molecule has 1 aromatic rings. The average molecular weight is 703 g/mol. The minimum absolute atomic E-state index is 0.0641. The normalized spacial score (nSPS) is 14.9. The Bertz CT molecular complexity index is 1400. The van der Waals surface area contributed by atoms with Crippen molar-refractivity contribution < 1.29 is 52.1 Å². The smallest absolute Gasteiger partial charge is 0.408 e. The van der Waals surface area contributed by atoms with Crippen molar-refractivity contribution >= 4 is 57.2 Å². The summed E-state index contributed by atoms with van der Waals surface area (Å²) in [6, 6.07) is 3.48. The Balaban J connectivity index is 3.18. The second-order valence-corrected chi connectivity index (χ2v) is 13.9. The third-order valence-electron chi connectivity index (χ3n) is 6.92. The highest BCUT2D eigenvalue weighted by Crippen LogP contribution is 2.15. The number of benzene rings is 1. The molecule has 0 saturated heterocycles. The Labute approximate surface area is 278 Å². The number of ether oxygens (including phenoxy) is 1. The predicted molar refractivity (Wildman–Crippen MR) is 172 cm³/mol. The molecule has 0 fully saturated rings. The Morgan fingerprint density at radius 3 is 1.98 bits per heavy atom. The molecule has 17 heteroatoms. The van der Waals surface area contributed by atoms with Gasteiger partial charge in [-0.1, -0.05) is 76.0 Å². The van der Waals surface area contributed by atoms with Crippen molar-refractivity contribution in [2.45, 2.75) is 84.2 Å². The summed E-state index contributed by atoms with van der Waals surface area (Å²) in [6.07, 6.45) is -0.536. The molecule has 0 unspecified atom stereocenters. The van der Waals surface area contributed by atoms with Gasteiger partial charge in [-0.2, -0.15) is 0 Å². The molecule has 0 saturated carbocycles. The third kappa shape index (κ3) is 15.3. The number of halogens is 1. The topological polar surface area (TPSA) is 234 Å². The molecule has 0 radical (unpaired) electrons. The Hall–Kier alpha value is -4.18. The van der Waals surface area contributed by atoms with E-state index in [1.165, 1.54) is 0 Å². The number of carbonyl (C=O) groups is 6. The first-order chi connectivity index (χ1) is 21.8. The van der Waals surface area contributed by atoms with Crippen LogP contribution >= 0.6 is 11.6 Å². The van der Waals surface area contributed by atoms with E-state index in [2.05, 4.69) is 21.3 Å². The SMILES string of the molecule is CC[C@H](C)[C@H](NC(=O)[C@H](CCC(=O)O)NC(=O)[C@@H](NC(=O)OCc1ccccc1)C(C)C)C(=O)N[C@H](/C=C(\Cl)S(C)(=O)=O)CC(=O)O. The minimum Gasteiger partial charge on any atom is -0.481 e. The summed E-state index contributed by atoms with van der Waals surface area (Å²) in [5.41, 5.74) is 0.710. The van der Waals surface area contributed by atoms with E-state index in [4.69, 9.17) is 16.3 Å². The molecule has 6 N–H and O–H groups in total. The quantitative estimate of drug-likeness (QED) is 0.122. The third-order valence-corrected chi connectivity index (χ3v) is 8.73. The maximum absolute atomic E-state index is 13.5. The Morgan fingerprint density at radius 1 is 0.872 bits per heavy atom. The summed E-state index contributed by atoms with van der Waals surface area (Å²) in [4.78, 5) is 75.3. The molecular weight excluding hydrogens is 660 g/mol. The lowest BCUT2D eigenvalue weighted by molar-refractivity contribution is -0.139. The van der Waals surface area contributed by atoms with Crippen LogP contribution in [0.3, 0.4) is 0 Å². The molecule has 5 atom stereocenters. The van der Waals surface area contributed by atoms with Crippen LogP contribution in [-0.2, 0) is 45.2 Å². The summed E-state index contributed by atoms with van der Waals surface area (Å²) in [5, 5.41) is 28.3. The molecule has 4 amide bonds. The first kappa shape index (κ1) is 40.8. The second kappa shape index (κ2) is 19.5. The van der Waals surface area contributed by atoms with Gasteiger partial charge in [0.25, 0.3) is 0 Å². The van der Waals surface area contributed by atoms with Gasteiger partial charge in [0.2, 0.25) is 17.7 Å². The first-order valence-corrected chi connectivity index (χ1v) is 17.0. The molecule has 0 heterocycles. The van der Waals surface area contributed by atoms with E-state index in [9.17, 15) is 47.4 Å². The lowest BCUT2D eigenvalue weighted by atomic mass is 9.96. The van der Waals surface area contributed by atoms with Gasteiger partial charge in [0, 0.05) is 12.7 Å². The first-order valence-electron chi connectivity index (χ1n) is 14.7. The number of carbonyl (C=O) groups excluding carboxylic acids is 4. The van der Waals surface area contributed by atoms with Crippen LogP contribution in [0.5, 0.6) is 0 Å². The van der Waals surface area contributed by atoms with Crippen molar-refractivity contribution in [2.24, 2.45) is 11.8 Å². The van der Waals surface area contributed by atoms with Gasteiger partial charge in [0.15, 0.2) is 9.84 Å². The molecule has 0 spiro atoms. The van der Waals surface area contributed by atoms with E-state index >= 15 is 0 Å². The monoisotopic (exact) mass is 702 g/mol. The maximum atomic E-state index is 13.5. The molecule has 0 aliphatic rings. The fourth-order valence-electron chi connectivity index (χ4n) is 4.07. The number of rotatable bonds is 19. The summed E-state index contributed by atoms with van der Waals surface area (Å²) in [5.74, 6) is -6.29. The predicted octanol–water partition coefficient (Wildman–Crippen LogP) is 1.90. The second-order valence-electron chi connectivity index (χ2n) is 11.2. The van der Waals surface area contributed by atoms with Crippen molar-refractivity contribution in [3.63, 3.8) is 0 Å². The zero-order valence-electron chi connectivity index (χ0n) is 26.8. The van der Waals surface area contributed by atoms with Gasteiger partial charge in [-0.3, -0.25) is 24.0 Å². The lowest BCUT2D eigenvalue weighted by Gasteiger charge is -2.29. The van der Waals surface area contributed by atoms with Gasteiger partial charge in [-0.25, -0.2) is 13.2 Å². The number of aliphatic carboxylic acids is 2. The van der Waals surface area contributed by atoms with Gasteiger partial charge >= 0.3 is 18.0 Å². The minimum atomic E-state index is -3.91. The molecular formula is C30H43ClN4O11S. The molecule has 0 bridgehead atoms. The summed E-state index contributed by atoms with van der Waals surface area (Å²) >= 11 is 5.78. The number of hydrogen-bond donors (Lipinski definition) is 6. The number of carboxylic acid groups (broad SMARTS) is 2. The van der Waals surface area contributed by atoms with Gasteiger partial charge in [0.05, 0.1) is 12.5 Å². The van der Waals surface area contributed by atoms with E-state index in [-0.39, 0.29) is 13.0 Å². The zero-order valence-corrected chi connectivity index (χ0v) is 28.4.